The third-order valence-corrected chi connectivity index (χ3v) is 7.51. The molecule has 2 aromatic carbocycles. The Labute approximate surface area is 223 Å². The molecule has 2 aliphatic heterocycles. The SMILES string of the molecule is NC(=O)C(CC1CC1)C(CCC(F)(F)F)C(=O)NC1N=C(c2ccccc2)c2cccc3c2N(CCN3)C1=O. The van der Waals surface area contributed by atoms with Crippen molar-refractivity contribution in [2.24, 2.45) is 28.5 Å². The summed E-state index contributed by atoms with van der Waals surface area (Å²) in [5.74, 6) is -4.40. The normalized spacial score (nSPS) is 20.2. The van der Waals surface area contributed by atoms with Crippen LogP contribution in [0, 0.1) is 17.8 Å². The van der Waals surface area contributed by atoms with Crippen LogP contribution in [0.1, 0.15) is 43.2 Å². The van der Waals surface area contributed by atoms with E-state index in [0.717, 1.165) is 18.5 Å². The lowest BCUT2D eigenvalue weighted by atomic mass is 9.83. The van der Waals surface area contributed by atoms with Crippen LogP contribution >= 0.6 is 0 Å². The van der Waals surface area contributed by atoms with Gasteiger partial charge in [0.15, 0.2) is 0 Å². The van der Waals surface area contributed by atoms with E-state index in [4.69, 9.17) is 5.73 Å². The molecule has 8 nitrogen and oxygen atoms in total. The fraction of sp³-hybridized carbons (Fsp3) is 0.429. The van der Waals surface area contributed by atoms with E-state index in [2.05, 4.69) is 15.6 Å². The van der Waals surface area contributed by atoms with Crippen LogP contribution in [-0.2, 0) is 14.4 Å². The van der Waals surface area contributed by atoms with Gasteiger partial charge in [0.25, 0.3) is 5.91 Å². The fourth-order valence-corrected chi connectivity index (χ4v) is 5.39. The van der Waals surface area contributed by atoms with Crippen molar-refractivity contribution >= 4 is 34.8 Å². The summed E-state index contributed by atoms with van der Waals surface area (Å²) in [5.41, 5.74) is 8.83. The number of primary amides is 1. The molecule has 2 heterocycles. The number of alkyl halides is 3. The number of nitrogens with two attached hydrogens (primary N) is 1. The van der Waals surface area contributed by atoms with Crippen molar-refractivity contribution < 1.29 is 27.6 Å². The maximum atomic E-state index is 13.8. The summed E-state index contributed by atoms with van der Waals surface area (Å²) in [6.07, 6.45) is -5.84. The zero-order valence-electron chi connectivity index (χ0n) is 21.2. The number of benzene rings is 2. The first-order valence-corrected chi connectivity index (χ1v) is 13.1. The van der Waals surface area contributed by atoms with Gasteiger partial charge in [-0.25, -0.2) is 4.99 Å². The van der Waals surface area contributed by atoms with Gasteiger partial charge in [0.2, 0.25) is 18.0 Å². The van der Waals surface area contributed by atoms with Crippen molar-refractivity contribution in [2.45, 2.75) is 44.4 Å². The summed E-state index contributed by atoms with van der Waals surface area (Å²) in [5, 5.41) is 5.89. The molecule has 3 amide bonds. The minimum absolute atomic E-state index is 0.152. The Morgan fingerprint density at radius 1 is 1.10 bits per heavy atom. The molecule has 206 valence electrons. The van der Waals surface area contributed by atoms with Gasteiger partial charge in [-0.05, 0) is 24.8 Å². The molecule has 4 N–H and O–H groups in total. The maximum absolute atomic E-state index is 13.8. The average Bonchev–Trinajstić information content (AvgIpc) is 3.74. The van der Waals surface area contributed by atoms with E-state index in [1.165, 1.54) is 0 Å². The molecule has 2 aromatic rings. The first-order chi connectivity index (χ1) is 18.6. The van der Waals surface area contributed by atoms with Crippen molar-refractivity contribution in [3.63, 3.8) is 0 Å². The van der Waals surface area contributed by atoms with Crippen LogP contribution in [0.15, 0.2) is 53.5 Å². The third kappa shape index (κ3) is 5.91. The van der Waals surface area contributed by atoms with Crippen LogP contribution in [0.3, 0.4) is 0 Å². The molecule has 1 fully saturated rings. The lowest BCUT2D eigenvalue weighted by Gasteiger charge is -2.32. The van der Waals surface area contributed by atoms with E-state index in [0.29, 0.717) is 35.6 Å². The van der Waals surface area contributed by atoms with Crippen LogP contribution in [0.5, 0.6) is 0 Å². The lowest BCUT2D eigenvalue weighted by Crippen LogP contribution is -2.52. The Morgan fingerprint density at radius 3 is 2.51 bits per heavy atom. The second-order valence-electron chi connectivity index (χ2n) is 10.3. The highest BCUT2D eigenvalue weighted by atomic mass is 19.4. The number of amides is 3. The molecule has 0 aromatic heterocycles. The van der Waals surface area contributed by atoms with Crippen molar-refractivity contribution in [1.29, 1.82) is 0 Å². The summed E-state index contributed by atoms with van der Waals surface area (Å²) >= 11 is 0. The lowest BCUT2D eigenvalue weighted by molar-refractivity contribution is -0.146. The second-order valence-corrected chi connectivity index (χ2v) is 10.3. The van der Waals surface area contributed by atoms with Gasteiger partial charge in [0.05, 0.1) is 17.1 Å². The molecular formula is C28H30F3N5O3. The van der Waals surface area contributed by atoms with E-state index in [1.54, 1.807) is 4.90 Å². The highest BCUT2D eigenvalue weighted by molar-refractivity contribution is 6.22. The van der Waals surface area contributed by atoms with Crippen LogP contribution < -0.4 is 21.3 Å². The molecule has 0 bridgehead atoms. The second kappa shape index (κ2) is 10.7. The van der Waals surface area contributed by atoms with E-state index in [1.807, 2.05) is 48.5 Å². The van der Waals surface area contributed by atoms with Gasteiger partial charge in [0, 0.05) is 42.5 Å². The maximum Gasteiger partial charge on any atom is 0.389 e. The Balaban J connectivity index is 1.51. The number of carbonyl (C=O) groups excluding carboxylic acids is 3. The summed E-state index contributed by atoms with van der Waals surface area (Å²) in [7, 11) is 0. The topological polar surface area (TPSA) is 117 Å². The van der Waals surface area contributed by atoms with Crippen molar-refractivity contribution in [1.82, 2.24) is 5.32 Å². The third-order valence-electron chi connectivity index (χ3n) is 7.51. The standard InChI is InChI=1S/C28H30F3N5O3/c29-28(30,31)12-11-18(20(24(32)37)15-16-9-10-16)26(38)35-25-27(39)36-14-13-33-21-8-4-7-19(23(21)36)22(34-25)17-5-2-1-3-6-17/h1-8,16,18,20,25,33H,9-15H2,(H2,32,37)(H,35,38). The molecule has 3 atom stereocenters. The van der Waals surface area contributed by atoms with E-state index in [-0.39, 0.29) is 12.3 Å². The smallest absolute Gasteiger partial charge is 0.382 e. The number of nitrogens with zero attached hydrogens (tertiary/aromatic N) is 2. The molecule has 0 radical (unpaired) electrons. The van der Waals surface area contributed by atoms with Crippen molar-refractivity contribution in [2.75, 3.05) is 23.3 Å². The Hall–Kier alpha value is -3.89. The number of hydrogen-bond acceptors (Lipinski definition) is 5. The van der Waals surface area contributed by atoms with E-state index >= 15 is 0 Å². The largest absolute Gasteiger partial charge is 0.389 e. The Kier molecular flexibility index (Phi) is 7.33. The minimum atomic E-state index is -4.52. The molecule has 3 unspecified atom stereocenters. The average molecular weight is 542 g/mol. The minimum Gasteiger partial charge on any atom is -0.382 e. The van der Waals surface area contributed by atoms with Crippen molar-refractivity contribution in [3.05, 3.63) is 59.7 Å². The number of nitrogens with one attached hydrogen (secondary N) is 2. The van der Waals surface area contributed by atoms with Crippen LogP contribution in [0.4, 0.5) is 24.5 Å². The van der Waals surface area contributed by atoms with E-state index in [9.17, 15) is 27.6 Å². The molecule has 1 aliphatic carbocycles. The van der Waals surface area contributed by atoms with Gasteiger partial charge in [-0.15, -0.1) is 0 Å². The first-order valence-electron chi connectivity index (χ1n) is 13.1. The molecule has 0 saturated heterocycles. The number of anilines is 2. The number of hydrogen-bond donors (Lipinski definition) is 3. The molecule has 11 heteroatoms. The molecule has 0 spiro atoms. The molecule has 39 heavy (non-hydrogen) atoms. The molecule has 5 rings (SSSR count). The molecule has 1 saturated carbocycles. The predicted octanol–water partition coefficient (Wildman–Crippen LogP) is 3.60. The first kappa shape index (κ1) is 26.7. The summed E-state index contributed by atoms with van der Waals surface area (Å²) in [4.78, 5) is 45.9. The summed E-state index contributed by atoms with van der Waals surface area (Å²) in [6.45, 7) is 0.790. The molecular weight excluding hydrogens is 511 g/mol. The zero-order valence-corrected chi connectivity index (χ0v) is 21.2. The number of para-hydroxylation sites is 1. The van der Waals surface area contributed by atoms with Crippen LogP contribution in [0.2, 0.25) is 0 Å². The van der Waals surface area contributed by atoms with E-state index < -0.39 is 54.7 Å². The Morgan fingerprint density at radius 2 is 1.85 bits per heavy atom. The zero-order chi connectivity index (χ0) is 27.7. The van der Waals surface area contributed by atoms with Crippen LogP contribution in [0.25, 0.3) is 0 Å². The van der Waals surface area contributed by atoms with Crippen LogP contribution in [-0.4, -0.2) is 48.9 Å². The predicted molar refractivity (Wildman–Crippen MR) is 140 cm³/mol. The van der Waals surface area contributed by atoms with Gasteiger partial charge in [-0.2, -0.15) is 13.2 Å². The highest BCUT2D eigenvalue weighted by Crippen LogP contribution is 2.40. The van der Waals surface area contributed by atoms with Crippen molar-refractivity contribution in [3.8, 4) is 0 Å². The number of aliphatic imine (C=N–C) groups is 1. The van der Waals surface area contributed by atoms with Gasteiger partial charge < -0.3 is 21.3 Å². The number of halogens is 3. The molecule has 3 aliphatic rings. The monoisotopic (exact) mass is 541 g/mol. The summed E-state index contributed by atoms with van der Waals surface area (Å²) in [6, 6.07) is 14.7. The summed E-state index contributed by atoms with van der Waals surface area (Å²) < 4.78 is 39.6. The fourth-order valence-electron chi connectivity index (χ4n) is 5.39. The quantitative estimate of drug-likeness (QED) is 0.450. The van der Waals surface area contributed by atoms with Gasteiger partial charge in [0.1, 0.15) is 0 Å². The Bertz CT molecular complexity index is 1290. The van der Waals surface area contributed by atoms with Gasteiger partial charge in [-0.3, -0.25) is 14.4 Å². The van der Waals surface area contributed by atoms with Gasteiger partial charge >= 0.3 is 6.18 Å². The number of carbonyl (C=O) groups is 3. The highest BCUT2D eigenvalue weighted by Gasteiger charge is 2.42. The van der Waals surface area contributed by atoms with Gasteiger partial charge in [-0.1, -0.05) is 55.3 Å². The number of rotatable bonds is 9.